The van der Waals surface area contributed by atoms with E-state index in [2.05, 4.69) is 20.5 Å². The molecule has 8 heteroatoms. The molecule has 0 aromatic carbocycles. The summed E-state index contributed by atoms with van der Waals surface area (Å²) < 4.78 is 13.0. The molecule has 96 valence electrons. The second-order valence-electron chi connectivity index (χ2n) is 3.59. The smallest absolute Gasteiger partial charge is 0.325 e. The Balaban J connectivity index is 3.46. The highest BCUT2D eigenvalue weighted by atomic mass is 79.9. The number of halogens is 1. The molecule has 0 rings (SSSR count). The van der Waals surface area contributed by atoms with Gasteiger partial charge in [0.25, 0.3) is 0 Å². The van der Waals surface area contributed by atoms with Crippen molar-refractivity contribution in [2.24, 2.45) is 0 Å². The van der Waals surface area contributed by atoms with E-state index in [0.717, 1.165) is 12.8 Å². The van der Waals surface area contributed by atoms with E-state index < -0.39 is 19.6 Å². The van der Waals surface area contributed by atoms with Crippen molar-refractivity contribution in [3.8, 4) is 0 Å². The van der Waals surface area contributed by atoms with Crippen molar-refractivity contribution in [3.05, 3.63) is 0 Å². The van der Waals surface area contributed by atoms with E-state index in [0.29, 0.717) is 19.3 Å². The zero-order valence-corrected chi connectivity index (χ0v) is 11.3. The molecule has 1 atom stereocenters. The summed E-state index contributed by atoms with van der Waals surface area (Å²) in [5.41, 5.74) is 0. The molecule has 0 aliphatic rings. The van der Waals surface area contributed by atoms with Crippen LogP contribution in [-0.4, -0.2) is 33.1 Å². The molecule has 1 unspecified atom stereocenters. The Hall–Kier alpha value is 0.0600. The van der Waals surface area contributed by atoms with Crippen molar-refractivity contribution in [1.29, 1.82) is 0 Å². The zero-order valence-electron chi connectivity index (χ0n) is 8.80. The standard InChI is InChI=1S/C8H17BrNO5P/c9-10-7(8(11)12)5-3-1-2-4-6-16(13,14)15/h7,10H,1-6H2,(H,11,12)(H2,13,14,15). The molecule has 0 aromatic heterocycles. The summed E-state index contributed by atoms with van der Waals surface area (Å²) in [5, 5.41) is 8.69. The summed E-state index contributed by atoms with van der Waals surface area (Å²) in [7, 11) is -3.87. The minimum atomic E-state index is -3.87. The Labute approximate surface area is 103 Å². The average molecular weight is 318 g/mol. The Morgan fingerprint density at radius 2 is 1.81 bits per heavy atom. The third kappa shape index (κ3) is 9.30. The van der Waals surface area contributed by atoms with Crippen LogP contribution in [0.1, 0.15) is 32.1 Å². The van der Waals surface area contributed by atoms with Gasteiger partial charge < -0.3 is 14.9 Å². The van der Waals surface area contributed by atoms with Crippen molar-refractivity contribution < 1.29 is 24.3 Å². The summed E-state index contributed by atoms with van der Waals surface area (Å²) in [6.45, 7) is 0. The summed E-state index contributed by atoms with van der Waals surface area (Å²) in [6, 6.07) is -0.609. The van der Waals surface area contributed by atoms with Gasteiger partial charge in [0.15, 0.2) is 0 Å². The summed E-state index contributed by atoms with van der Waals surface area (Å²) in [6.07, 6.45) is 3.08. The first-order valence-corrected chi connectivity index (χ1v) is 7.59. The molecular formula is C8H17BrNO5P. The van der Waals surface area contributed by atoms with Crippen LogP contribution in [0.3, 0.4) is 0 Å². The lowest BCUT2D eigenvalue weighted by Gasteiger charge is -2.09. The lowest BCUT2D eigenvalue weighted by Crippen LogP contribution is -2.29. The predicted molar refractivity (Wildman–Crippen MR) is 63.5 cm³/mol. The van der Waals surface area contributed by atoms with E-state index in [4.69, 9.17) is 14.9 Å². The largest absolute Gasteiger partial charge is 0.480 e. The summed E-state index contributed by atoms with van der Waals surface area (Å²) in [5.74, 6) is -0.910. The van der Waals surface area contributed by atoms with Crippen LogP contribution in [0.25, 0.3) is 0 Å². The number of unbranched alkanes of at least 4 members (excludes halogenated alkanes) is 3. The third-order valence-electron chi connectivity index (χ3n) is 2.12. The van der Waals surface area contributed by atoms with Crippen LogP contribution in [0, 0.1) is 0 Å². The van der Waals surface area contributed by atoms with Gasteiger partial charge in [0.1, 0.15) is 6.04 Å². The van der Waals surface area contributed by atoms with Gasteiger partial charge in [-0.1, -0.05) is 19.3 Å². The maximum atomic E-state index is 10.6. The van der Waals surface area contributed by atoms with Gasteiger partial charge >= 0.3 is 13.6 Å². The molecule has 4 N–H and O–H groups in total. The molecule has 16 heavy (non-hydrogen) atoms. The number of carboxylic acids is 1. The first-order chi connectivity index (χ1) is 7.37. The molecule has 0 spiro atoms. The van der Waals surface area contributed by atoms with Gasteiger partial charge in [0, 0.05) is 22.3 Å². The van der Waals surface area contributed by atoms with Gasteiger partial charge in [-0.2, -0.15) is 0 Å². The highest BCUT2D eigenvalue weighted by Crippen LogP contribution is 2.35. The fourth-order valence-electron chi connectivity index (χ4n) is 1.24. The van der Waals surface area contributed by atoms with Crippen molar-refractivity contribution in [1.82, 2.24) is 4.34 Å². The molecule has 0 fully saturated rings. The van der Waals surface area contributed by atoms with Gasteiger partial charge in [-0.3, -0.25) is 9.36 Å². The second-order valence-corrected chi connectivity index (χ2v) is 5.83. The lowest BCUT2D eigenvalue weighted by atomic mass is 10.1. The van der Waals surface area contributed by atoms with Gasteiger partial charge in [0.05, 0.1) is 0 Å². The molecule has 0 aliphatic carbocycles. The SMILES string of the molecule is O=C(O)C(CCCCCCP(=O)(O)O)NBr. The van der Waals surface area contributed by atoms with Crippen LogP contribution in [0.5, 0.6) is 0 Å². The first-order valence-electron chi connectivity index (χ1n) is 5.00. The topological polar surface area (TPSA) is 107 Å². The Kier molecular flexibility index (Phi) is 8.23. The summed E-state index contributed by atoms with van der Waals surface area (Å²) >= 11 is 2.89. The molecular weight excluding hydrogens is 301 g/mol. The number of carbonyl (C=O) groups is 1. The third-order valence-corrected chi connectivity index (χ3v) is 3.57. The van der Waals surface area contributed by atoms with E-state index in [9.17, 15) is 9.36 Å². The Morgan fingerprint density at radius 1 is 1.25 bits per heavy atom. The number of aliphatic carboxylic acids is 1. The van der Waals surface area contributed by atoms with Crippen LogP contribution in [-0.2, 0) is 9.36 Å². The molecule has 0 amide bonds. The van der Waals surface area contributed by atoms with Gasteiger partial charge in [-0.05, 0) is 12.8 Å². The van der Waals surface area contributed by atoms with Crippen molar-refractivity contribution in [2.45, 2.75) is 38.1 Å². The number of nitrogens with one attached hydrogen (secondary N) is 1. The van der Waals surface area contributed by atoms with Crippen molar-refractivity contribution >= 4 is 29.7 Å². The van der Waals surface area contributed by atoms with Crippen LogP contribution in [0.2, 0.25) is 0 Å². The van der Waals surface area contributed by atoms with E-state index in [-0.39, 0.29) is 6.16 Å². The molecule has 6 nitrogen and oxygen atoms in total. The van der Waals surface area contributed by atoms with Gasteiger partial charge in [-0.15, -0.1) is 0 Å². The minimum absolute atomic E-state index is 0.0912. The van der Waals surface area contributed by atoms with E-state index in [1.165, 1.54) is 0 Å². The fourth-order valence-corrected chi connectivity index (χ4v) is 2.30. The van der Waals surface area contributed by atoms with Crippen LogP contribution in [0.4, 0.5) is 0 Å². The molecule has 0 bridgehead atoms. The van der Waals surface area contributed by atoms with Crippen LogP contribution < -0.4 is 4.34 Å². The van der Waals surface area contributed by atoms with E-state index >= 15 is 0 Å². The highest BCUT2D eigenvalue weighted by molar-refractivity contribution is 9.08. The number of rotatable bonds is 9. The van der Waals surface area contributed by atoms with Crippen molar-refractivity contribution in [3.63, 3.8) is 0 Å². The quantitative estimate of drug-likeness (QED) is 0.291. The van der Waals surface area contributed by atoms with Crippen LogP contribution in [0.15, 0.2) is 0 Å². The Bertz CT molecular complexity index is 257. The molecule has 0 saturated carbocycles. The van der Waals surface area contributed by atoms with E-state index in [1.54, 1.807) is 0 Å². The van der Waals surface area contributed by atoms with Gasteiger partial charge in [-0.25, -0.2) is 4.34 Å². The first kappa shape index (κ1) is 16.1. The average Bonchev–Trinajstić information content (AvgIpc) is 2.14. The molecule has 0 aliphatic heterocycles. The monoisotopic (exact) mass is 317 g/mol. The molecule has 0 radical (unpaired) electrons. The van der Waals surface area contributed by atoms with Gasteiger partial charge in [0.2, 0.25) is 0 Å². The normalized spacial score (nSPS) is 13.7. The lowest BCUT2D eigenvalue weighted by molar-refractivity contribution is -0.139. The number of carboxylic acid groups (broad SMARTS) is 1. The Morgan fingerprint density at radius 3 is 2.25 bits per heavy atom. The maximum absolute atomic E-state index is 10.6. The van der Waals surface area contributed by atoms with Crippen LogP contribution >= 0.6 is 23.7 Å². The second kappa shape index (κ2) is 8.20. The number of hydrogen-bond donors (Lipinski definition) is 4. The zero-order chi connectivity index (χ0) is 12.6. The summed E-state index contributed by atoms with van der Waals surface area (Å²) in [4.78, 5) is 27.8. The van der Waals surface area contributed by atoms with Crippen molar-refractivity contribution in [2.75, 3.05) is 6.16 Å². The maximum Gasteiger partial charge on any atom is 0.325 e. The molecule has 0 heterocycles. The molecule has 0 aromatic rings. The number of hydrogen-bond acceptors (Lipinski definition) is 3. The highest BCUT2D eigenvalue weighted by Gasteiger charge is 2.15. The predicted octanol–water partition coefficient (Wildman–Crippen LogP) is 1.47. The fraction of sp³-hybridized carbons (Fsp3) is 0.875. The van der Waals surface area contributed by atoms with E-state index in [1.807, 2.05) is 0 Å². The molecule has 0 saturated heterocycles. The minimum Gasteiger partial charge on any atom is -0.480 e.